The minimum absolute atomic E-state index is 0.0836. The third-order valence-electron chi connectivity index (χ3n) is 3.81. The summed E-state index contributed by atoms with van der Waals surface area (Å²) in [4.78, 5) is 36.2. The van der Waals surface area contributed by atoms with Gasteiger partial charge >= 0.3 is 12.0 Å². The van der Waals surface area contributed by atoms with Crippen LogP contribution in [0.25, 0.3) is 0 Å². The molecule has 0 fully saturated rings. The van der Waals surface area contributed by atoms with Gasteiger partial charge in [0.05, 0.1) is 12.7 Å². The number of para-hydroxylation sites is 1. The molecule has 2 rings (SSSR count). The van der Waals surface area contributed by atoms with Crippen LogP contribution in [-0.4, -0.2) is 31.6 Å². The lowest BCUT2D eigenvalue weighted by Gasteiger charge is -2.10. The standard InChI is InChI=1S/C20H25N3O4S/c1-13(2)11-14-12-28-18(17(14)19(25)27-3)23-16(24)9-10-21-20(26)22-15-7-5-4-6-8-15/h4-8,12-13H,9-11H2,1-3H3,(H,23,24)(H2,21,22,26). The maximum absolute atomic E-state index is 12.2. The van der Waals surface area contributed by atoms with Gasteiger partial charge in [-0.25, -0.2) is 9.59 Å². The van der Waals surface area contributed by atoms with Crippen LogP contribution in [0.1, 0.15) is 36.2 Å². The van der Waals surface area contributed by atoms with Crippen molar-refractivity contribution in [2.45, 2.75) is 26.7 Å². The molecule has 0 unspecified atom stereocenters. The smallest absolute Gasteiger partial charge is 0.341 e. The van der Waals surface area contributed by atoms with Crippen LogP contribution >= 0.6 is 11.3 Å². The summed E-state index contributed by atoms with van der Waals surface area (Å²) in [6, 6.07) is 8.64. The fourth-order valence-electron chi connectivity index (χ4n) is 2.58. The highest BCUT2D eigenvalue weighted by Gasteiger charge is 2.21. The van der Waals surface area contributed by atoms with Gasteiger partial charge in [-0.05, 0) is 35.4 Å². The summed E-state index contributed by atoms with van der Waals surface area (Å²) in [6.07, 6.45) is 0.804. The molecule has 8 heteroatoms. The molecule has 2 aromatic rings. The largest absolute Gasteiger partial charge is 0.465 e. The number of esters is 1. The average molecular weight is 404 g/mol. The van der Waals surface area contributed by atoms with E-state index in [1.54, 1.807) is 12.1 Å². The Bertz CT molecular complexity index is 818. The Morgan fingerprint density at radius 1 is 1.11 bits per heavy atom. The summed E-state index contributed by atoms with van der Waals surface area (Å²) >= 11 is 1.30. The SMILES string of the molecule is COC(=O)c1c(CC(C)C)csc1NC(=O)CCNC(=O)Nc1ccccc1. The summed E-state index contributed by atoms with van der Waals surface area (Å²) < 4.78 is 4.86. The predicted molar refractivity (Wildman–Crippen MR) is 111 cm³/mol. The van der Waals surface area contributed by atoms with Crippen molar-refractivity contribution in [2.24, 2.45) is 5.92 Å². The van der Waals surface area contributed by atoms with Gasteiger partial charge in [-0.1, -0.05) is 32.0 Å². The van der Waals surface area contributed by atoms with E-state index in [0.717, 1.165) is 12.0 Å². The van der Waals surface area contributed by atoms with Gasteiger partial charge in [-0.15, -0.1) is 11.3 Å². The Balaban J connectivity index is 1.88. The lowest BCUT2D eigenvalue weighted by atomic mass is 10.0. The second-order valence-corrected chi connectivity index (χ2v) is 7.48. The zero-order chi connectivity index (χ0) is 20.5. The second-order valence-electron chi connectivity index (χ2n) is 6.60. The maximum atomic E-state index is 12.2. The minimum Gasteiger partial charge on any atom is -0.465 e. The molecule has 0 aliphatic carbocycles. The van der Waals surface area contributed by atoms with E-state index in [0.29, 0.717) is 22.2 Å². The fourth-order valence-corrected chi connectivity index (χ4v) is 3.56. The number of hydrogen-bond donors (Lipinski definition) is 3. The van der Waals surface area contributed by atoms with E-state index >= 15 is 0 Å². The van der Waals surface area contributed by atoms with Crippen LogP contribution in [0.5, 0.6) is 0 Å². The maximum Gasteiger partial charge on any atom is 0.341 e. The monoisotopic (exact) mass is 403 g/mol. The van der Waals surface area contributed by atoms with E-state index in [9.17, 15) is 14.4 Å². The van der Waals surface area contributed by atoms with Gasteiger partial charge in [0.2, 0.25) is 5.91 Å². The number of benzene rings is 1. The highest BCUT2D eigenvalue weighted by molar-refractivity contribution is 7.15. The second kappa shape index (κ2) is 10.5. The van der Waals surface area contributed by atoms with Gasteiger partial charge in [0, 0.05) is 18.7 Å². The normalized spacial score (nSPS) is 10.4. The van der Waals surface area contributed by atoms with Crippen molar-refractivity contribution < 1.29 is 19.1 Å². The zero-order valence-corrected chi connectivity index (χ0v) is 17.0. The van der Waals surface area contributed by atoms with Crippen molar-refractivity contribution in [2.75, 3.05) is 24.3 Å². The number of carbonyl (C=O) groups excluding carboxylic acids is 3. The molecule has 7 nitrogen and oxygen atoms in total. The molecule has 0 atom stereocenters. The van der Waals surface area contributed by atoms with Crippen molar-refractivity contribution in [1.29, 1.82) is 0 Å². The van der Waals surface area contributed by atoms with E-state index in [-0.39, 0.29) is 24.9 Å². The molecule has 28 heavy (non-hydrogen) atoms. The predicted octanol–water partition coefficient (Wildman–Crippen LogP) is 3.88. The molecule has 1 aromatic carbocycles. The van der Waals surface area contributed by atoms with E-state index in [2.05, 4.69) is 29.8 Å². The Kier molecular flexibility index (Phi) is 8.01. The molecule has 0 saturated carbocycles. The Morgan fingerprint density at radius 2 is 1.82 bits per heavy atom. The Hall–Kier alpha value is -2.87. The molecule has 3 amide bonds. The van der Waals surface area contributed by atoms with Crippen molar-refractivity contribution in [1.82, 2.24) is 5.32 Å². The third kappa shape index (κ3) is 6.38. The summed E-state index contributed by atoms with van der Waals surface area (Å²) in [5.41, 5.74) is 1.94. The molecule has 0 radical (unpaired) electrons. The molecule has 150 valence electrons. The highest BCUT2D eigenvalue weighted by Crippen LogP contribution is 2.30. The van der Waals surface area contributed by atoms with Crippen molar-refractivity contribution in [3.05, 3.63) is 46.8 Å². The van der Waals surface area contributed by atoms with Gasteiger partial charge in [0.25, 0.3) is 0 Å². The quantitative estimate of drug-likeness (QED) is 0.583. The summed E-state index contributed by atoms with van der Waals surface area (Å²) in [7, 11) is 1.32. The number of nitrogens with one attached hydrogen (secondary N) is 3. The number of rotatable bonds is 8. The van der Waals surface area contributed by atoms with Crippen LogP contribution in [0.2, 0.25) is 0 Å². The van der Waals surface area contributed by atoms with Crippen LogP contribution in [0, 0.1) is 5.92 Å². The van der Waals surface area contributed by atoms with Crippen molar-refractivity contribution in [3.63, 3.8) is 0 Å². The molecule has 0 aliphatic heterocycles. The van der Waals surface area contributed by atoms with Crippen LogP contribution in [0.3, 0.4) is 0 Å². The third-order valence-corrected chi connectivity index (χ3v) is 4.75. The first-order chi connectivity index (χ1) is 13.4. The van der Waals surface area contributed by atoms with E-state index in [4.69, 9.17) is 4.74 Å². The molecule has 3 N–H and O–H groups in total. The van der Waals surface area contributed by atoms with E-state index in [1.165, 1.54) is 18.4 Å². The van der Waals surface area contributed by atoms with Crippen LogP contribution in [0.15, 0.2) is 35.7 Å². The zero-order valence-electron chi connectivity index (χ0n) is 16.2. The first-order valence-corrected chi connectivity index (χ1v) is 9.87. The van der Waals surface area contributed by atoms with Crippen molar-refractivity contribution >= 4 is 39.9 Å². The molecule has 0 saturated heterocycles. The summed E-state index contributed by atoms with van der Waals surface area (Å²) in [6.45, 7) is 4.29. The Labute approximate surface area is 168 Å². The number of amides is 3. The Morgan fingerprint density at radius 3 is 2.46 bits per heavy atom. The number of carbonyl (C=O) groups is 3. The number of methoxy groups -OCH3 is 1. The molecule has 0 spiro atoms. The lowest BCUT2D eigenvalue weighted by Crippen LogP contribution is -2.31. The molecular weight excluding hydrogens is 378 g/mol. The molecule has 0 bridgehead atoms. The van der Waals surface area contributed by atoms with Crippen LogP contribution in [-0.2, 0) is 16.0 Å². The average Bonchev–Trinajstić information content (AvgIpc) is 3.03. The number of ether oxygens (including phenoxy) is 1. The van der Waals surface area contributed by atoms with Crippen molar-refractivity contribution in [3.8, 4) is 0 Å². The molecule has 1 heterocycles. The van der Waals surface area contributed by atoms with Gasteiger partial charge < -0.3 is 20.7 Å². The number of urea groups is 1. The first-order valence-electron chi connectivity index (χ1n) is 8.99. The summed E-state index contributed by atoms with van der Waals surface area (Å²) in [5, 5.41) is 10.4. The van der Waals surface area contributed by atoms with Gasteiger partial charge in [-0.2, -0.15) is 0 Å². The number of anilines is 2. The van der Waals surface area contributed by atoms with Gasteiger partial charge in [-0.3, -0.25) is 4.79 Å². The highest BCUT2D eigenvalue weighted by atomic mass is 32.1. The van der Waals surface area contributed by atoms with Gasteiger partial charge in [0.15, 0.2) is 0 Å². The fraction of sp³-hybridized carbons (Fsp3) is 0.350. The number of thiophene rings is 1. The molecule has 0 aliphatic rings. The van der Waals surface area contributed by atoms with Crippen LogP contribution in [0.4, 0.5) is 15.5 Å². The van der Waals surface area contributed by atoms with E-state index < -0.39 is 5.97 Å². The minimum atomic E-state index is -0.465. The first kappa shape index (κ1) is 21.4. The van der Waals surface area contributed by atoms with Crippen LogP contribution < -0.4 is 16.0 Å². The number of hydrogen-bond acceptors (Lipinski definition) is 5. The lowest BCUT2D eigenvalue weighted by molar-refractivity contribution is -0.116. The molecular formula is C20H25N3O4S. The van der Waals surface area contributed by atoms with Gasteiger partial charge in [0.1, 0.15) is 5.00 Å². The summed E-state index contributed by atoms with van der Waals surface area (Å²) in [5.74, 6) is -0.385. The van der Waals surface area contributed by atoms with E-state index in [1.807, 2.05) is 23.6 Å². The topological polar surface area (TPSA) is 96.5 Å². The molecule has 1 aromatic heterocycles.